The van der Waals surface area contributed by atoms with Crippen molar-refractivity contribution < 1.29 is 30.5 Å². The van der Waals surface area contributed by atoms with Crippen molar-refractivity contribution in [1.82, 2.24) is 19.9 Å². The van der Waals surface area contributed by atoms with Crippen molar-refractivity contribution in [3.05, 3.63) is 35.1 Å². The molecule has 3 heterocycles. The molecule has 3 aromatic rings. The van der Waals surface area contributed by atoms with Gasteiger partial charge in [-0.1, -0.05) is 0 Å². The average molecular weight is 358 g/mol. The summed E-state index contributed by atoms with van der Waals surface area (Å²) >= 11 is -2.81. The van der Waals surface area contributed by atoms with E-state index in [1.807, 2.05) is 0 Å². The number of nitrogens with one attached hydrogen (secondary N) is 1. The van der Waals surface area contributed by atoms with E-state index in [4.69, 9.17) is 21.2 Å². The summed E-state index contributed by atoms with van der Waals surface area (Å²) in [6.07, 6.45) is -0.978. The summed E-state index contributed by atoms with van der Waals surface area (Å²) < 4.78 is 116. The number of pyridine rings is 2. The summed E-state index contributed by atoms with van der Waals surface area (Å²) in [6.45, 7) is -6.19. The van der Waals surface area contributed by atoms with Gasteiger partial charge in [0.15, 0.2) is 11.4 Å². The lowest BCUT2D eigenvalue weighted by atomic mass is 10.1. The molecule has 7 nitrogen and oxygen atoms in total. The first kappa shape index (κ1) is 7.28. The van der Waals surface area contributed by atoms with Gasteiger partial charge in [0.2, 0.25) is 5.88 Å². The highest BCUT2D eigenvalue weighted by Gasteiger charge is 2.21. The van der Waals surface area contributed by atoms with Crippen molar-refractivity contribution in [2.24, 2.45) is 0 Å². The van der Waals surface area contributed by atoms with E-state index in [1.165, 1.54) is 12.1 Å². The predicted octanol–water partition coefficient (Wildman–Crippen LogP) is 2.29. The molecule has 0 aromatic carbocycles. The first-order chi connectivity index (χ1) is 16.3. The van der Waals surface area contributed by atoms with E-state index in [1.54, 1.807) is 0 Å². The molecule has 0 saturated carbocycles. The van der Waals surface area contributed by atoms with E-state index in [9.17, 15) is 4.55 Å². The third-order valence-electron chi connectivity index (χ3n) is 2.94. The zero-order valence-electron chi connectivity index (χ0n) is 24.1. The quantitative estimate of drug-likeness (QED) is 0.703. The number of imidazole rings is 1. The number of H-pyrrole nitrogens is 1. The van der Waals surface area contributed by atoms with Crippen molar-refractivity contribution in [1.29, 1.82) is 0 Å². The molecular weight excluding hydrogens is 328 g/mol. The Kier molecular flexibility index (Phi) is 2.02. The SMILES string of the molecule is [2H]c1nc(C([2H])([2H])[S+]([O-])c2nc3nc(OC([2H])([2H])[2H])ccc3[nH]2)c(C([2H])([2H])[2H])c(OC)c1C([2H])([2H])[2H]. The fraction of sp³-hybridized carbons (Fsp3) is 0.312. The predicted molar refractivity (Wildman–Crippen MR) is 90.8 cm³/mol. The molecule has 1 atom stereocenters. The minimum atomic E-state index is -3.17. The van der Waals surface area contributed by atoms with Crippen LogP contribution in [0.15, 0.2) is 23.5 Å². The van der Waals surface area contributed by atoms with Crippen molar-refractivity contribution in [2.75, 3.05) is 14.1 Å². The summed E-state index contributed by atoms with van der Waals surface area (Å²) in [7, 11) is -1.84. The van der Waals surface area contributed by atoms with E-state index in [-0.39, 0.29) is 17.0 Å². The van der Waals surface area contributed by atoms with Crippen molar-refractivity contribution in [3.8, 4) is 11.6 Å². The van der Waals surface area contributed by atoms with Crippen LogP contribution in [0.4, 0.5) is 0 Å². The maximum atomic E-state index is 13.3. The summed E-state index contributed by atoms with van der Waals surface area (Å²) in [6, 6.07) is 2.49. The maximum Gasteiger partial charge on any atom is 0.323 e. The number of nitrogens with zero attached hydrogens (tertiary/aromatic N) is 3. The zero-order chi connectivity index (χ0) is 27.4. The maximum absolute atomic E-state index is 13.3. The highest BCUT2D eigenvalue weighted by Crippen LogP contribution is 2.26. The second-order valence-corrected chi connectivity index (χ2v) is 5.52. The lowest BCUT2D eigenvalue weighted by Gasteiger charge is -2.13. The van der Waals surface area contributed by atoms with Gasteiger partial charge in [-0.05, 0) is 19.8 Å². The Bertz CT molecular complexity index is 1290. The smallest absolute Gasteiger partial charge is 0.323 e. The van der Waals surface area contributed by atoms with Crippen LogP contribution in [-0.2, 0) is 16.9 Å². The van der Waals surface area contributed by atoms with Gasteiger partial charge in [-0.25, -0.2) is 0 Å². The molecule has 3 aromatic heterocycles. The zero-order valence-corrected chi connectivity index (χ0v) is 12.9. The van der Waals surface area contributed by atoms with E-state index in [0.717, 1.165) is 7.11 Å². The molecule has 0 saturated heterocycles. The normalized spacial score (nSPS) is 21.9. The molecular formula is C16H18N4O3S. The van der Waals surface area contributed by atoms with Crippen LogP contribution in [0.25, 0.3) is 11.2 Å². The molecule has 0 amide bonds. The van der Waals surface area contributed by atoms with Gasteiger partial charge >= 0.3 is 5.16 Å². The summed E-state index contributed by atoms with van der Waals surface area (Å²) in [4.78, 5) is 13.9. The standard InChI is InChI=1S/C16H18N4O3S/c1-9-7-17-12(10(2)14(9)23-4)8-24(21)16-18-11-5-6-13(22-3)19-15(11)20-16/h5-7H,8H2,1-4H3,(H,18,19,20)/i1D3,2D3,3D3,7D,8D2. The summed E-state index contributed by atoms with van der Waals surface area (Å²) in [5.74, 6) is -1.12. The van der Waals surface area contributed by atoms with Crippen LogP contribution in [0.5, 0.6) is 11.6 Å². The number of hydrogen-bond donors (Lipinski definition) is 1. The minimum Gasteiger partial charge on any atom is -0.609 e. The molecule has 24 heavy (non-hydrogen) atoms. The van der Waals surface area contributed by atoms with E-state index < -0.39 is 71.5 Å². The molecule has 1 N–H and O–H groups in total. The molecule has 1 unspecified atom stereocenters. The molecule has 0 fully saturated rings. The van der Waals surface area contributed by atoms with E-state index in [0.29, 0.717) is 0 Å². The Labute approximate surface area is 159 Å². The monoisotopic (exact) mass is 358 g/mol. The highest BCUT2D eigenvalue weighted by atomic mass is 32.2. The Hall–Kier alpha value is -2.32. The number of rotatable bonds is 5. The second kappa shape index (κ2) is 6.66. The lowest BCUT2D eigenvalue weighted by molar-refractivity contribution is 0.399. The number of aromatic amines is 1. The summed E-state index contributed by atoms with van der Waals surface area (Å²) in [5.41, 5.74) is -5.94. The van der Waals surface area contributed by atoms with Crippen molar-refractivity contribution in [2.45, 2.75) is 24.6 Å². The highest BCUT2D eigenvalue weighted by molar-refractivity contribution is 7.90. The summed E-state index contributed by atoms with van der Waals surface area (Å²) in [5, 5.41) is -0.516. The van der Waals surface area contributed by atoms with Gasteiger partial charge < -0.3 is 14.0 Å². The van der Waals surface area contributed by atoms with E-state index in [2.05, 4.69) is 24.7 Å². The number of aromatic nitrogens is 4. The number of ether oxygens (including phenoxy) is 2. The lowest BCUT2D eigenvalue weighted by Crippen LogP contribution is -2.10. The third kappa shape index (κ3) is 3.02. The van der Waals surface area contributed by atoms with Crippen LogP contribution in [0.3, 0.4) is 0 Å². The first-order valence-corrected chi connectivity index (χ1v) is 7.50. The van der Waals surface area contributed by atoms with Crippen LogP contribution < -0.4 is 9.47 Å². The van der Waals surface area contributed by atoms with Crippen molar-refractivity contribution in [3.63, 3.8) is 0 Å². The second-order valence-electron chi connectivity index (χ2n) is 4.39. The topological polar surface area (TPSA) is 96.0 Å². The average Bonchev–Trinajstić information content (AvgIpc) is 3.12. The Morgan fingerprint density at radius 1 is 1.38 bits per heavy atom. The molecule has 0 spiro atoms. The molecule has 0 aliphatic heterocycles. The van der Waals surface area contributed by atoms with Crippen LogP contribution in [0.2, 0.25) is 0 Å². The Balaban J connectivity index is 2.18. The van der Waals surface area contributed by atoms with Crippen LogP contribution in [0, 0.1) is 13.7 Å². The molecule has 0 radical (unpaired) electrons. The van der Waals surface area contributed by atoms with Gasteiger partial charge in [-0.3, -0.25) is 9.97 Å². The van der Waals surface area contributed by atoms with Crippen LogP contribution >= 0.6 is 0 Å². The molecule has 0 bridgehead atoms. The van der Waals surface area contributed by atoms with Gasteiger partial charge in [-0.2, -0.15) is 9.97 Å². The molecule has 0 aliphatic carbocycles. The molecule has 3 rings (SSSR count). The Morgan fingerprint density at radius 2 is 2.29 bits per heavy atom. The third-order valence-corrected chi connectivity index (χ3v) is 3.87. The van der Waals surface area contributed by atoms with Gasteiger partial charge in [0.05, 0.1) is 33.6 Å². The minimum absolute atomic E-state index is 0.132. The fourth-order valence-corrected chi connectivity index (χ4v) is 2.65. The van der Waals surface area contributed by atoms with E-state index >= 15 is 0 Å². The van der Waals surface area contributed by atoms with Crippen molar-refractivity contribution >= 4 is 22.3 Å². The van der Waals surface area contributed by atoms with Gasteiger partial charge in [0.1, 0.15) is 5.75 Å². The fourth-order valence-electron chi connectivity index (χ4n) is 1.86. The molecule has 126 valence electrons. The molecule has 0 aliphatic rings. The van der Waals surface area contributed by atoms with Crippen LogP contribution in [-0.4, -0.2) is 38.6 Å². The van der Waals surface area contributed by atoms with Gasteiger partial charge in [0, 0.05) is 42.8 Å². The first-order valence-electron chi connectivity index (χ1n) is 12.3. The number of methoxy groups -OCH3 is 2. The molecule has 8 heteroatoms. The van der Waals surface area contributed by atoms with Gasteiger partial charge in [0.25, 0.3) is 0 Å². The van der Waals surface area contributed by atoms with Crippen LogP contribution in [0.1, 0.15) is 33.3 Å². The number of hydrogen-bond acceptors (Lipinski definition) is 6. The largest absolute Gasteiger partial charge is 0.609 e. The van der Waals surface area contributed by atoms with Gasteiger partial charge in [-0.15, -0.1) is 0 Å². The number of fused-ring (bicyclic) bond motifs is 1. The Morgan fingerprint density at radius 3 is 3.04 bits per heavy atom.